The number of carbonyl (C=O) groups is 1. The van der Waals surface area contributed by atoms with Crippen molar-refractivity contribution < 1.29 is 18.3 Å². The maximum atomic E-state index is 11.8. The largest absolute Gasteiger partial charge is 0.481 e. The van der Waals surface area contributed by atoms with Gasteiger partial charge in [-0.05, 0) is 27.8 Å². The minimum atomic E-state index is -3.14. The van der Waals surface area contributed by atoms with Crippen molar-refractivity contribution in [3.63, 3.8) is 0 Å². The molecule has 6 heteroatoms. The van der Waals surface area contributed by atoms with Gasteiger partial charge in [0, 0.05) is 13.1 Å². The summed E-state index contributed by atoms with van der Waals surface area (Å²) in [5, 5.41) is 8.74. The second-order valence-corrected chi connectivity index (χ2v) is 8.30. The third-order valence-corrected chi connectivity index (χ3v) is 5.27. The second kappa shape index (κ2) is 5.82. The second-order valence-electron chi connectivity index (χ2n) is 5.43. The Morgan fingerprint density at radius 3 is 2.18 bits per heavy atom. The zero-order valence-electron chi connectivity index (χ0n) is 11.2. The minimum Gasteiger partial charge on any atom is -0.481 e. The monoisotopic (exact) mass is 265 g/mol. The Hall–Kier alpha value is -0.620. The van der Waals surface area contributed by atoms with E-state index in [9.17, 15) is 13.2 Å². The van der Waals surface area contributed by atoms with Crippen LogP contribution in [0.4, 0.5) is 0 Å². The first kappa shape index (κ1) is 16.4. The van der Waals surface area contributed by atoms with Crippen LogP contribution in [0.25, 0.3) is 0 Å². The van der Waals surface area contributed by atoms with Crippen LogP contribution in [0.2, 0.25) is 0 Å². The summed E-state index contributed by atoms with van der Waals surface area (Å²) in [4.78, 5) is 12.4. The van der Waals surface area contributed by atoms with Crippen molar-refractivity contribution in [3.8, 4) is 0 Å². The average Bonchev–Trinajstić information content (AvgIpc) is 2.12. The van der Waals surface area contributed by atoms with Crippen LogP contribution in [0.1, 0.15) is 27.7 Å². The lowest BCUT2D eigenvalue weighted by Crippen LogP contribution is -2.37. The molecule has 0 aromatic heterocycles. The molecule has 0 aromatic carbocycles. The van der Waals surface area contributed by atoms with Crippen LogP contribution < -0.4 is 0 Å². The van der Waals surface area contributed by atoms with Crippen molar-refractivity contribution >= 4 is 15.8 Å². The molecule has 0 amide bonds. The third-order valence-electron chi connectivity index (χ3n) is 2.68. The van der Waals surface area contributed by atoms with Gasteiger partial charge in [-0.15, -0.1) is 0 Å². The summed E-state index contributed by atoms with van der Waals surface area (Å²) in [6.07, 6.45) is 0. The summed E-state index contributed by atoms with van der Waals surface area (Å²) in [6.45, 7) is 7.33. The number of hydrogen-bond donors (Lipinski definition) is 1. The highest BCUT2D eigenvalue weighted by molar-refractivity contribution is 7.92. The molecule has 17 heavy (non-hydrogen) atoms. The van der Waals surface area contributed by atoms with Crippen LogP contribution in [-0.2, 0) is 14.6 Å². The minimum absolute atomic E-state index is 0.0549. The first-order valence-corrected chi connectivity index (χ1v) is 7.26. The standard InChI is InChI=1S/C11H23NO4S/c1-9(10(13)14)8-12(5)6-7-17(15,16)11(2,3)4/h9H,6-8H2,1-5H3,(H,13,14). The topological polar surface area (TPSA) is 74.7 Å². The Labute approximate surface area is 104 Å². The Balaban J connectivity index is 4.27. The summed E-state index contributed by atoms with van der Waals surface area (Å²) in [5.41, 5.74) is 0. The highest BCUT2D eigenvalue weighted by Gasteiger charge is 2.28. The van der Waals surface area contributed by atoms with Crippen molar-refractivity contribution in [2.24, 2.45) is 5.92 Å². The van der Waals surface area contributed by atoms with Crippen molar-refractivity contribution in [2.45, 2.75) is 32.4 Å². The van der Waals surface area contributed by atoms with E-state index in [-0.39, 0.29) is 5.75 Å². The van der Waals surface area contributed by atoms with Gasteiger partial charge < -0.3 is 10.0 Å². The Morgan fingerprint density at radius 1 is 1.35 bits per heavy atom. The third kappa shape index (κ3) is 5.50. The van der Waals surface area contributed by atoms with E-state index in [4.69, 9.17) is 5.11 Å². The molecule has 0 bridgehead atoms. The van der Waals surface area contributed by atoms with Gasteiger partial charge >= 0.3 is 5.97 Å². The van der Waals surface area contributed by atoms with Crippen LogP contribution in [-0.4, -0.2) is 55.0 Å². The fraction of sp³-hybridized carbons (Fsp3) is 0.909. The van der Waals surface area contributed by atoms with Gasteiger partial charge in [-0.25, -0.2) is 8.42 Å². The van der Waals surface area contributed by atoms with E-state index >= 15 is 0 Å². The van der Waals surface area contributed by atoms with E-state index < -0.39 is 26.5 Å². The molecule has 0 fully saturated rings. The smallest absolute Gasteiger partial charge is 0.307 e. The van der Waals surface area contributed by atoms with Gasteiger partial charge in [-0.3, -0.25) is 4.79 Å². The van der Waals surface area contributed by atoms with Gasteiger partial charge in [0.15, 0.2) is 9.84 Å². The lowest BCUT2D eigenvalue weighted by Gasteiger charge is -2.23. The summed E-state index contributed by atoms with van der Waals surface area (Å²) in [5.74, 6) is -1.30. The Kier molecular flexibility index (Phi) is 5.61. The fourth-order valence-electron chi connectivity index (χ4n) is 1.22. The molecule has 0 saturated carbocycles. The van der Waals surface area contributed by atoms with E-state index in [0.717, 1.165) is 0 Å². The Morgan fingerprint density at radius 2 is 1.82 bits per heavy atom. The van der Waals surface area contributed by atoms with Crippen molar-refractivity contribution in [2.75, 3.05) is 25.9 Å². The van der Waals surface area contributed by atoms with E-state index in [1.165, 1.54) is 0 Å². The maximum absolute atomic E-state index is 11.8. The number of nitrogens with zero attached hydrogens (tertiary/aromatic N) is 1. The van der Waals surface area contributed by atoms with Crippen LogP contribution in [0.15, 0.2) is 0 Å². The van der Waals surface area contributed by atoms with Gasteiger partial charge in [0.1, 0.15) is 0 Å². The molecule has 0 radical (unpaired) electrons. The highest BCUT2D eigenvalue weighted by Crippen LogP contribution is 2.15. The molecule has 0 aromatic rings. The summed E-state index contributed by atoms with van der Waals surface area (Å²) in [7, 11) is -1.40. The van der Waals surface area contributed by atoms with Crippen LogP contribution in [0.5, 0.6) is 0 Å². The van der Waals surface area contributed by atoms with Gasteiger partial charge in [-0.2, -0.15) is 0 Å². The number of sulfone groups is 1. The molecule has 0 heterocycles. The van der Waals surface area contributed by atoms with Crippen molar-refractivity contribution in [3.05, 3.63) is 0 Å². The number of carboxylic acid groups (broad SMARTS) is 1. The van der Waals surface area contributed by atoms with Crippen molar-refractivity contribution in [1.29, 1.82) is 0 Å². The fourth-order valence-corrected chi connectivity index (χ4v) is 2.38. The molecule has 0 spiro atoms. The zero-order chi connectivity index (χ0) is 13.9. The molecule has 1 unspecified atom stereocenters. The zero-order valence-corrected chi connectivity index (χ0v) is 12.0. The number of hydrogen-bond acceptors (Lipinski definition) is 4. The van der Waals surface area contributed by atoms with E-state index in [0.29, 0.717) is 13.1 Å². The molecule has 0 aliphatic heterocycles. The predicted molar refractivity (Wildman–Crippen MR) is 67.8 cm³/mol. The lowest BCUT2D eigenvalue weighted by atomic mass is 10.2. The number of rotatable bonds is 6. The summed E-state index contributed by atoms with van der Waals surface area (Å²) < 4.78 is 22.9. The quantitative estimate of drug-likeness (QED) is 0.770. The first-order valence-electron chi connectivity index (χ1n) is 5.61. The van der Waals surface area contributed by atoms with Crippen LogP contribution >= 0.6 is 0 Å². The van der Waals surface area contributed by atoms with Gasteiger partial charge in [0.05, 0.1) is 16.4 Å². The molecule has 0 aliphatic rings. The number of aliphatic carboxylic acids is 1. The van der Waals surface area contributed by atoms with Gasteiger partial charge in [-0.1, -0.05) is 6.92 Å². The predicted octanol–water partition coefficient (Wildman–Crippen LogP) is 0.852. The van der Waals surface area contributed by atoms with Gasteiger partial charge in [0.2, 0.25) is 0 Å². The summed E-state index contributed by atoms with van der Waals surface area (Å²) >= 11 is 0. The van der Waals surface area contributed by atoms with E-state index in [1.54, 1.807) is 39.6 Å². The summed E-state index contributed by atoms with van der Waals surface area (Å²) in [6, 6.07) is 0. The molecule has 1 atom stereocenters. The van der Waals surface area contributed by atoms with Crippen molar-refractivity contribution in [1.82, 2.24) is 4.90 Å². The number of carboxylic acids is 1. The Bertz CT molecular complexity index is 356. The van der Waals surface area contributed by atoms with Crippen LogP contribution in [0.3, 0.4) is 0 Å². The van der Waals surface area contributed by atoms with E-state index in [2.05, 4.69) is 0 Å². The molecule has 5 nitrogen and oxygen atoms in total. The molecular weight excluding hydrogens is 242 g/mol. The first-order chi connectivity index (χ1) is 7.47. The molecule has 0 rings (SSSR count). The molecule has 102 valence electrons. The van der Waals surface area contributed by atoms with Gasteiger partial charge in [0.25, 0.3) is 0 Å². The molecular formula is C11H23NO4S. The van der Waals surface area contributed by atoms with E-state index in [1.807, 2.05) is 0 Å². The maximum Gasteiger partial charge on any atom is 0.307 e. The highest BCUT2D eigenvalue weighted by atomic mass is 32.2. The molecule has 0 saturated heterocycles. The SMILES string of the molecule is CC(CN(C)CCS(=O)(=O)C(C)(C)C)C(=O)O. The lowest BCUT2D eigenvalue weighted by molar-refractivity contribution is -0.141. The molecule has 0 aliphatic carbocycles. The average molecular weight is 265 g/mol. The molecule has 1 N–H and O–H groups in total. The normalized spacial score (nSPS) is 14.9. The van der Waals surface area contributed by atoms with Crippen LogP contribution in [0, 0.1) is 5.92 Å².